The van der Waals surface area contributed by atoms with Gasteiger partial charge in [-0.25, -0.2) is 0 Å². The van der Waals surface area contributed by atoms with Gasteiger partial charge in [0, 0.05) is 18.4 Å². The Hall–Kier alpha value is -0.870. The van der Waals surface area contributed by atoms with Crippen LogP contribution in [0.25, 0.3) is 0 Å². The van der Waals surface area contributed by atoms with Crippen molar-refractivity contribution in [3.63, 3.8) is 0 Å². The van der Waals surface area contributed by atoms with Crippen molar-refractivity contribution in [3.05, 3.63) is 18.0 Å². The maximum absolute atomic E-state index is 3.88. The van der Waals surface area contributed by atoms with Gasteiger partial charge in [0.2, 0.25) is 0 Å². The zero-order valence-corrected chi connectivity index (χ0v) is 8.38. The van der Waals surface area contributed by atoms with Gasteiger partial charge in [-0.05, 0) is 39.7 Å². The normalized spacial score (nSPS) is 11.0. The van der Waals surface area contributed by atoms with Gasteiger partial charge in [0.15, 0.2) is 0 Å². The Labute approximate surface area is 79.3 Å². The lowest BCUT2D eigenvalue weighted by Crippen LogP contribution is -2.21. The zero-order valence-electron chi connectivity index (χ0n) is 8.38. The van der Waals surface area contributed by atoms with Gasteiger partial charge in [-0.2, -0.15) is 5.10 Å². The molecule has 0 saturated carbocycles. The highest BCUT2D eigenvalue weighted by Crippen LogP contribution is 1.89. The second-order valence-electron chi connectivity index (χ2n) is 3.42. The molecule has 74 valence electrons. The minimum atomic E-state index is 0.882. The summed E-state index contributed by atoms with van der Waals surface area (Å²) in [7, 11) is 4.18. The molecule has 4 heteroatoms. The molecule has 0 saturated heterocycles. The second-order valence-corrected chi connectivity index (χ2v) is 3.42. The molecule has 0 spiro atoms. The Balaban J connectivity index is 1.96. The fourth-order valence-electron chi connectivity index (χ4n) is 1.13. The highest BCUT2D eigenvalue weighted by Gasteiger charge is 1.93. The predicted octanol–water partition coefficient (Wildman–Crippen LogP) is 0.451. The Morgan fingerprint density at radius 2 is 2.38 bits per heavy atom. The molecule has 0 radical (unpaired) electrons. The number of aromatic nitrogens is 2. The molecule has 0 aliphatic rings. The first kappa shape index (κ1) is 10.2. The molecule has 0 fully saturated rings. The van der Waals surface area contributed by atoms with Crippen molar-refractivity contribution < 1.29 is 0 Å². The van der Waals surface area contributed by atoms with E-state index >= 15 is 0 Å². The van der Waals surface area contributed by atoms with Gasteiger partial charge in [0.25, 0.3) is 0 Å². The molecule has 1 rings (SSSR count). The average molecular weight is 182 g/mol. The topological polar surface area (TPSA) is 44.0 Å². The fraction of sp³-hybridized carbons (Fsp3) is 0.667. The van der Waals surface area contributed by atoms with Crippen LogP contribution in [0.3, 0.4) is 0 Å². The van der Waals surface area contributed by atoms with Gasteiger partial charge >= 0.3 is 0 Å². The Morgan fingerprint density at radius 3 is 3.00 bits per heavy atom. The molecule has 4 nitrogen and oxygen atoms in total. The fourth-order valence-corrected chi connectivity index (χ4v) is 1.13. The van der Waals surface area contributed by atoms with E-state index in [1.54, 1.807) is 6.20 Å². The molecule has 2 N–H and O–H groups in total. The number of aromatic amines is 1. The Morgan fingerprint density at radius 1 is 1.54 bits per heavy atom. The van der Waals surface area contributed by atoms with E-state index in [0.717, 1.165) is 25.3 Å². The maximum Gasteiger partial charge on any atom is 0.0490 e. The van der Waals surface area contributed by atoms with Crippen LogP contribution < -0.4 is 5.32 Å². The molecule has 0 aliphatic carbocycles. The SMILES string of the molecule is CN(C)CCCNCc1ccn[nH]1. The van der Waals surface area contributed by atoms with Crippen molar-refractivity contribution in [2.75, 3.05) is 27.2 Å². The number of hydrogen-bond donors (Lipinski definition) is 2. The van der Waals surface area contributed by atoms with E-state index in [-0.39, 0.29) is 0 Å². The number of nitrogens with one attached hydrogen (secondary N) is 2. The largest absolute Gasteiger partial charge is 0.311 e. The molecule has 13 heavy (non-hydrogen) atoms. The third kappa shape index (κ3) is 4.65. The van der Waals surface area contributed by atoms with Gasteiger partial charge in [-0.1, -0.05) is 0 Å². The van der Waals surface area contributed by atoms with Crippen LogP contribution in [0.15, 0.2) is 12.3 Å². The number of rotatable bonds is 6. The van der Waals surface area contributed by atoms with Crippen molar-refractivity contribution >= 4 is 0 Å². The summed E-state index contributed by atoms with van der Waals surface area (Å²) >= 11 is 0. The molecule has 1 aromatic heterocycles. The maximum atomic E-state index is 3.88. The van der Waals surface area contributed by atoms with Crippen LogP contribution in [0.5, 0.6) is 0 Å². The lowest BCUT2D eigenvalue weighted by Gasteiger charge is -2.08. The van der Waals surface area contributed by atoms with Gasteiger partial charge < -0.3 is 10.2 Å². The van der Waals surface area contributed by atoms with E-state index in [4.69, 9.17) is 0 Å². The monoisotopic (exact) mass is 182 g/mol. The van der Waals surface area contributed by atoms with Gasteiger partial charge in [0.05, 0.1) is 0 Å². The van der Waals surface area contributed by atoms with Crippen LogP contribution in [0, 0.1) is 0 Å². The minimum absolute atomic E-state index is 0.882. The first-order valence-corrected chi connectivity index (χ1v) is 4.63. The molecule has 0 unspecified atom stereocenters. The molecule has 0 aliphatic heterocycles. The van der Waals surface area contributed by atoms with Crippen LogP contribution in [-0.4, -0.2) is 42.3 Å². The second kappa shape index (κ2) is 5.72. The molecule has 0 aromatic carbocycles. The first-order valence-electron chi connectivity index (χ1n) is 4.63. The molecular weight excluding hydrogens is 164 g/mol. The highest BCUT2D eigenvalue weighted by atomic mass is 15.1. The third-order valence-corrected chi connectivity index (χ3v) is 1.83. The van der Waals surface area contributed by atoms with E-state index in [0.29, 0.717) is 0 Å². The molecule has 0 atom stereocenters. The van der Waals surface area contributed by atoms with E-state index in [1.807, 2.05) is 6.07 Å². The van der Waals surface area contributed by atoms with Crippen LogP contribution in [0.2, 0.25) is 0 Å². The number of nitrogens with zero attached hydrogens (tertiary/aromatic N) is 2. The van der Waals surface area contributed by atoms with Crippen LogP contribution >= 0.6 is 0 Å². The Bertz CT molecular complexity index is 205. The van der Waals surface area contributed by atoms with Crippen molar-refractivity contribution in [2.45, 2.75) is 13.0 Å². The lowest BCUT2D eigenvalue weighted by molar-refractivity contribution is 0.394. The van der Waals surface area contributed by atoms with Crippen molar-refractivity contribution in [1.82, 2.24) is 20.4 Å². The van der Waals surface area contributed by atoms with Crippen LogP contribution in [-0.2, 0) is 6.54 Å². The number of H-pyrrole nitrogens is 1. The first-order chi connectivity index (χ1) is 6.29. The van der Waals surface area contributed by atoms with E-state index in [2.05, 4.69) is 34.5 Å². The smallest absolute Gasteiger partial charge is 0.0490 e. The lowest BCUT2D eigenvalue weighted by atomic mass is 10.4. The molecule has 0 amide bonds. The van der Waals surface area contributed by atoms with Gasteiger partial charge in [-0.15, -0.1) is 0 Å². The van der Waals surface area contributed by atoms with Gasteiger partial charge in [0.1, 0.15) is 0 Å². The summed E-state index contributed by atoms with van der Waals surface area (Å²) in [5, 5.41) is 10.1. The highest BCUT2D eigenvalue weighted by molar-refractivity contribution is 4.96. The van der Waals surface area contributed by atoms with E-state index in [9.17, 15) is 0 Å². The summed E-state index contributed by atoms with van der Waals surface area (Å²) in [4.78, 5) is 2.19. The molecule has 1 aromatic rings. The summed E-state index contributed by atoms with van der Waals surface area (Å²) in [6.07, 6.45) is 2.96. The summed E-state index contributed by atoms with van der Waals surface area (Å²) in [5.74, 6) is 0. The Kier molecular flexibility index (Phi) is 4.49. The number of hydrogen-bond acceptors (Lipinski definition) is 3. The third-order valence-electron chi connectivity index (χ3n) is 1.83. The molecular formula is C9H18N4. The van der Waals surface area contributed by atoms with Crippen molar-refractivity contribution in [3.8, 4) is 0 Å². The summed E-state index contributed by atoms with van der Waals surface area (Å²) in [6.45, 7) is 3.07. The summed E-state index contributed by atoms with van der Waals surface area (Å²) in [5.41, 5.74) is 1.14. The van der Waals surface area contributed by atoms with Crippen LogP contribution in [0.4, 0.5) is 0 Å². The summed E-state index contributed by atoms with van der Waals surface area (Å²) < 4.78 is 0. The van der Waals surface area contributed by atoms with E-state index in [1.165, 1.54) is 6.42 Å². The zero-order chi connectivity index (χ0) is 9.52. The van der Waals surface area contributed by atoms with Gasteiger partial charge in [-0.3, -0.25) is 5.10 Å². The summed E-state index contributed by atoms with van der Waals surface area (Å²) in [6, 6.07) is 1.99. The molecule has 1 heterocycles. The molecule has 0 bridgehead atoms. The van der Waals surface area contributed by atoms with Crippen molar-refractivity contribution in [1.29, 1.82) is 0 Å². The van der Waals surface area contributed by atoms with E-state index < -0.39 is 0 Å². The minimum Gasteiger partial charge on any atom is -0.311 e. The standard InChI is InChI=1S/C9H18N4/c1-13(2)7-3-5-10-8-9-4-6-11-12-9/h4,6,10H,3,5,7-8H2,1-2H3,(H,11,12). The van der Waals surface area contributed by atoms with Crippen molar-refractivity contribution in [2.24, 2.45) is 0 Å². The van der Waals surface area contributed by atoms with Crippen LogP contribution in [0.1, 0.15) is 12.1 Å². The average Bonchev–Trinajstić information content (AvgIpc) is 2.55. The quantitative estimate of drug-likeness (QED) is 0.628. The predicted molar refractivity (Wildman–Crippen MR) is 53.5 cm³/mol.